The van der Waals surface area contributed by atoms with Crippen LogP contribution >= 0.6 is 0 Å². The molecule has 0 saturated heterocycles. The van der Waals surface area contributed by atoms with Crippen LogP contribution in [0.2, 0.25) is 0 Å². The maximum atomic E-state index is 5.10. The van der Waals surface area contributed by atoms with Crippen LogP contribution in [0.4, 0.5) is 17.2 Å². The van der Waals surface area contributed by atoms with E-state index in [1.807, 2.05) is 6.20 Å². The Kier molecular flexibility index (Phi) is 5.34. The molecular formula is C44H31N3. The molecule has 0 aliphatic carbocycles. The monoisotopic (exact) mass is 601 g/mol. The van der Waals surface area contributed by atoms with Crippen molar-refractivity contribution in [1.29, 1.82) is 0 Å². The maximum Gasteiger partial charge on any atom is 0.145 e. The number of para-hydroxylation sites is 2. The fourth-order valence-corrected chi connectivity index (χ4v) is 8.17. The van der Waals surface area contributed by atoms with Gasteiger partial charge in [-0.1, -0.05) is 123 Å². The van der Waals surface area contributed by atoms with E-state index >= 15 is 0 Å². The van der Waals surface area contributed by atoms with Crippen LogP contribution < -0.4 is 4.90 Å². The van der Waals surface area contributed by atoms with Gasteiger partial charge in [-0.05, 0) is 69.1 Å². The highest BCUT2D eigenvalue weighted by molar-refractivity contribution is 6.17. The van der Waals surface area contributed by atoms with Gasteiger partial charge in [0.2, 0.25) is 0 Å². The molecule has 3 heteroatoms. The van der Waals surface area contributed by atoms with Gasteiger partial charge >= 0.3 is 0 Å². The first-order valence-corrected chi connectivity index (χ1v) is 16.3. The lowest BCUT2D eigenvalue weighted by Crippen LogP contribution is -2.26. The van der Waals surface area contributed by atoms with Crippen molar-refractivity contribution < 1.29 is 0 Å². The highest BCUT2D eigenvalue weighted by atomic mass is 15.2. The zero-order valence-electron chi connectivity index (χ0n) is 26.3. The van der Waals surface area contributed by atoms with Gasteiger partial charge in [0.1, 0.15) is 5.82 Å². The predicted octanol–water partition coefficient (Wildman–Crippen LogP) is 11.7. The van der Waals surface area contributed by atoms with Gasteiger partial charge in [-0.15, -0.1) is 0 Å². The number of rotatable bonds is 3. The van der Waals surface area contributed by atoms with Gasteiger partial charge in [0.15, 0.2) is 0 Å². The Bertz CT molecular complexity index is 2730. The molecular weight excluding hydrogens is 571 g/mol. The van der Waals surface area contributed by atoms with Crippen molar-refractivity contribution in [1.82, 2.24) is 9.55 Å². The van der Waals surface area contributed by atoms with E-state index in [1.54, 1.807) is 0 Å². The first-order valence-electron chi connectivity index (χ1n) is 16.3. The molecule has 0 bridgehead atoms. The summed E-state index contributed by atoms with van der Waals surface area (Å²) in [6.45, 7) is 4.71. The van der Waals surface area contributed by atoms with E-state index in [1.165, 1.54) is 65.6 Å². The van der Waals surface area contributed by atoms with Crippen molar-refractivity contribution in [3.8, 4) is 5.69 Å². The zero-order chi connectivity index (χ0) is 31.3. The molecule has 7 aromatic carbocycles. The molecule has 0 radical (unpaired) electrons. The third-order valence-electron chi connectivity index (χ3n) is 10.4. The molecule has 0 saturated carbocycles. The molecule has 0 atom stereocenters. The van der Waals surface area contributed by atoms with E-state index in [4.69, 9.17) is 4.98 Å². The Hall–Kier alpha value is -5.93. The fourth-order valence-electron chi connectivity index (χ4n) is 8.17. The quantitative estimate of drug-likeness (QED) is 0.188. The van der Waals surface area contributed by atoms with Gasteiger partial charge in [0.05, 0.1) is 22.4 Å². The highest BCUT2D eigenvalue weighted by Gasteiger charge is 2.35. The van der Waals surface area contributed by atoms with Gasteiger partial charge < -0.3 is 4.57 Å². The largest absolute Gasteiger partial charge is 0.309 e. The van der Waals surface area contributed by atoms with E-state index in [2.05, 4.69) is 169 Å². The standard InChI is InChI=1S/C44H31N3/c1-44(2)37-19-9-10-21-40(37)47-39-23-22-30(27-36(39)35-18-11-20-38(44)42(35)47)46(43-32-15-6-3-12-28(32)24-25-45-43)41-26-29-13-4-5-14-31(29)33-16-7-8-17-34(33)41/h3-27H,1-2H3. The average molecular weight is 602 g/mol. The van der Waals surface area contributed by atoms with E-state index in [-0.39, 0.29) is 5.41 Å². The molecule has 3 heterocycles. The van der Waals surface area contributed by atoms with Crippen molar-refractivity contribution in [3.63, 3.8) is 0 Å². The van der Waals surface area contributed by atoms with Crippen LogP contribution in [0.1, 0.15) is 25.0 Å². The van der Waals surface area contributed by atoms with E-state index < -0.39 is 0 Å². The lowest BCUT2D eigenvalue weighted by Gasteiger charge is -2.34. The molecule has 1 aliphatic heterocycles. The molecule has 222 valence electrons. The van der Waals surface area contributed by atoms with E-state index in [0.717, 1.165) is 22.6 Å². The molecule has 0 unspecified atom stereocenters. The second-order valence-electron chi connectivity index (χ2n) is 13.2. The summed E-state index contributed by atoms with van der Waals surface area (Å²) in [6.07, 6.45) is 1.94. The highest BCUT2D eigenvalue weighted by Crippen LogP contribution is 2.49. The van der Waals surface area contributed by atoms with E-state index in [0.29, 0.717) is 0 Å². The third-order valence-corrected chi connectivity index (χ3v) is 10.4. The SMILES string of the molecule is CC1(C)c2ccccc2-n2c3ccc(N(c4nccc5ccccc45)c4cc5ccccc5c5ccccc45)cc3c3cccc1c32. The second kappa shape index (κ2) is 9.54. The zero-order valence-corrected chi connectivity index (χ0v) is 26.3. The van der Waals surface area contributed by atoms with Crippen LogP contribution in [0.15, 0.2) is 152 Å². The molecule has 9 aromatic rings. The van der Waals surface area contributed by atoms with Crippen LogP contribution in [0.5, 0.6) is 0 Å². The average Bonchev–Trinajstić information content (AvgIpc) is 3.45. The molecule has 47 heavy (non-hydrogen) atoms. The first kappa shape index (κ1) is 26.3. The van der Waals surface area contributed by atoms with Gasteiger partial charge in [-0.2, -0.15) is 0 Å². The summed E-state index contributed by atoms with van der Waals surface area (Å²) in [5.74, 6) is 0.920. The maximum absolute atomic E-state index is 5.10. The lowest BCUT2D eigenvalue weighted by molar-refractivity contribution is 0.630. The van der Waals surface area contributed by atoms with Crippen molar-refractivity contribution in [2.75, 3.05) is 4.90 Å². The Morgan fingerprint density at radius 1 is 0.532 bits per heavy atom. The minimum absolute atomic E-state index is 0.105. The van der Waals surface area contributed by atoms with Crippen LogP contribution in [0.3, 0.4) is 0 Å². The molecule has 3 nitrogen and oxygen atoms in total. The van der Waals surface area contributed by atoms with Crippen molar-refractivity contribution in [3.05, 3.63) is 163 Å². The van der Waals surface area contributed by atoms with Gasteiger partial charge in [0, 0.05) is 38.8 Å². The molecule has 0 fully saturated rings. The number of benzene rings is 7. The molecule has 0 N–H and O–H groups in total. The minimum atomic E-state index is -0.105. The summed E-state index contributed by atoms with van der Waals surface area (Å²) < 4.78 is 2.48. The summed E-state index contributed by atoms with van der Waals surface area (Å²) in [7, 11) is 0. The van der Waals surface area contributed by atoms with Crippen LogP contribution in [0.25, 0.3) is 59.8 Å². The third kappa shape index (κ3) is 3.60. The summed E-state index contributed by atoms with van der Waals surface area (Å²) in [4.78, 5) is 7.48. The van der Waals surface area contributed by atoms with Crippen molar-refractivity contribution >= 4 is 71.3 Å². The number of hydrogen-bond acceptors (Lipinski definition) is 2. The molecule has 2 aromatic heterocycles. The van der Waals surface area contributed by atoms with Gasteiger partial charge in [-0.25, -0.2) is 4.98 Å². The number of hydrogen-bond donors (Lipinski definition) is 0. The minimum Gasteiger partial charge on any atom is -0.309 e. The first-order chi connectivity index (χ1) is 23.1. The van der Waals surface area contributed by atoms with Crippen LogP contribution in [-0.4, -0.2) is 9.55 Å². The summed E-state index contributed by atoms with van der Waals surface area (Å²) in [5.41, 5.74) is 8.58. The number of fused-ring (bicyclic) bond motifs is 9. The summed E-state index contributed by atoms with van der Waals surface area (Å²) in [5, 5.41) is 9.68. The summed E-state index contributed by atoms with van der Waals surface area (Å²) in [6, 6.07) is 53.1. The van der Waals surface area contributed by atoms with Crippen LogP contribution in [-0.2, 0) is 5.41 Å². The molecule has 1 aliphatic rings. The number of anilines is 3. The van der Waals surface area contributed by atoms with Gasteiger partial charge in [-0.3, -0.25) is 4.90 Å². The normalized spacial score (nSPS) is 13.5. The van der Waals surface area contributed by atoms with Crippen LogP contribution in [0, 0.1) is 0 Å². The smallest absolute Gasteiger partial charge is 0.145 e. The van der Waals surface area contributed by atoms with E-state index in [9.17, 15) is 0 Å². The number of pyridine rings is 1. The Morgan fingerprint density at radius 3 is 2.09 bits per heavy atom. The molecule has 0 spiro atoms. The Balaban J connectivity index is 1.33. The fraction of sp³-hybridized carbons (Fsp3) is 0.0682. The molecule has 10 rings (SSSR count). The summed E-state index contributed by atoms with van der Waals surface area (Å²) >= 11 is 0. The Labute approximate surface area is 272 Å². The van der Waals surface area contributed by atoms with Gasteiger partial charge in [0.25, 0.3) is 0 Å². The number of nitrogens with zero attached hydrogens (tertiary/aromatic N) is 3. The van der Waals surface area contributed by atoms with Crippen molar-refractivity contribution in [2.45, 2.75) is 19.3 Å². The number of aromatic nitrogens is 2. The van der Waals surface area contributed by atoms with Crippen molar-refractivity contribution in [2.24, 2.45) is 0 Å². The molecule has 0 amide bonds. The second-order valence-corrected chi connectivity index (χ2v) is 13.2. The topological polar surface area (TPSA) is 21.1 Å². The predicted molar refractivity (Wildman–Crippen MR) is 198 cm³/mol. The Morgan fingerprint density at radius 2 is 1.21 bits per heavy atom. The lowest BCUT2D eigenvalue weighted by atomic mass is 9.75.